The van der Waals surface area contributed by atoms with Crippen LogP contribution < -0.4 is 10.8 Å². The Morgan fingerprint density at radius 1 is 1.41 bits per heavy atom. The second kappa shape index (κ2) is 4.48. The number of nitrogens with one attached hydrogen (secondary N) is 2. The van der Waals surface area contributed by atoms with Crippen LogP contribution in [0, 0.1) is 11.7 Å². The monoisotopic (exact) mass is 240 g/mol. The Bertz CT molecular complexity index is 448. The summed E-state index contributed by atoms with van der Waals surface area (Å²) in [5.41, 5.74) is 2.30. The van der Waals surface area contributed by atoms with E-state index < -0.39 is 29.8 Å². The predicted molar refractivity (Wildman–Crippen MR) is 53.8 cm³/mol. The minimum absolute atomic E-state index is 0.323. The molecule has 2 atom stereocenters. The van der Waals surface area contributed by atoms with E-state index in [9.17, 15) is 19.1 Å². The van der Waals surface area contributed by atoms with Crippen molar-refractivity contribution in [3.63, 3.8) is 0 Å². The van der Waals surface area contributed by atoms with E-state index in [2.05, 4.69) is 10.2 Å². The van der Waals surface area contributed by atoms with Gasteiger partial charge in [-0.25, -0.2) is 9.18 Å². The lowest BCUT2D eigenvalue weighted by Crippen LogP contribution is -2.36. The molecule has 0 saturated carbocycles. The molecule has 1 aliphatic heterocycles. The highest BCUT2D eigenvalue weighted by molar-refractivity contribution is 6.05. The average molecular weight is 240 g/mol. The highest BCUT2D eigenvalue weighted by Crippen LogP contribution is 2.15. The van der Waals surface area contributed by atoms with Crippen LogP contribution in [0.4, 0.5) is 10.1 Å². The van der Waals surface area contributed by atoms with Gasteiger partial charge in [0.1, 0.15) is 5.82 Å². The lowest BCUT2D eigenvalue weighted by Gasteiger charge is -2.09. The topological polar surface area (TPSA) is 87.7 Å². The molecule has 2 unspecified atom stereocenters. The van der Waals surface area contributed by atoms with Gasteiger partial charge in [0, 0.05) is 5.69 Å². The molecule has 6 nitrogen and oxygen atoms in total. The van der Waals surface area contributed by atoms with Crippen molar-refractivity contribution < 1.29 is 23.9 Å². The molecule has 2 rings (SSSR count). The van der Waals surface area contributed by atoms with Crippen LogP contribution in [0.15, 0.2) is 24.3 Å². The number of aliphatic hydroxyl groups is 1. The summed E-state index contributed by atoms with van der Waals surface area (Å²) in [7, 11) is 0. The van der Waals surface area contributed by atoms with Crippen LogP contribution >= 0.6 is 0 Å². The van der Waals surface area contributed by atoms with E-state index in [1.165, 1.54) is 12.1 Å². The van der Waals surface area contributed by atoms with E-state index >= 15 is 0 Å². The first kappa shape index (κ1) is 11.5. The molecule has 0 spiro atoms. The Balaban J connectivity index is 2.06. The van der Waals surface area contributed by atoms with Crippen LogP contribution in [0.3, 0.4) is 0 Å². The molecule has 1 aliphatic rings. The summed E-state index contributed by atoms with van der Waals surface area (Å²) in [4.78, 5) is 27.0. The lowest BCUT2D eigenvalue weighted by atomic mass is 10.1. The molecule has 0 aromatic heterocycles. The summed E-state index contributed by atoms with van der Waals surface area (Å²) in [5.74, 6) is -3.36. The SMILES string of the molecule is O=C(Nc1ccc(F)cc1)C1C(=O)ONC1O. The molecule has 1 fully saturated rings. The summed E-state index contributed by atoms with van der Waals surface area (Å²) in [5, 5.41) is 11.6. The molecule has 90 valence electrons. The minimum atomic E-state index is -1.39. The summed E-state index contributed by atoms with van der Waals surface area (Å²) in [6, 6.07) is 5.01. The summed E-state index contributed by atoms with van der Waals surface area (Å²) in [6.07, 6.45) is -1.39. The fourth-order valence-corrected chi connectivity index (χ4v) is 1.38. The highest BCUT2D eigenvalue weighted by Gasteiger charge is 2.41. The Morgan fingerprint density at radius 3 is 2.59 bits per heavy atom. The van der Waals surface area contributed by atoms with E-state index in [4.69, 9.17) is 0 Å². The van der Waals surface area contributed by atoms with E-state index in [0.717, 1.165) is 12.1 Å². The van der Waals surface area contributed by atoms with Crippen molar-refractivity contribution in [1.82, 2.24) is 5.48 Å². The fraction of sp³-hybridized carbons (Fsp3) is 0.200. The second-order valence-corrected chi connectivity index (χ2v) is 3.46. The maximum absolute atomic E-state index is 12.6. The molecule has 1 amide bonds. The van der Waals surface area contributed by atoms with Gasteiger partial charge in [-0.3, -0.25) is 4.79 Å². The third kappa shape index (κ3) is 2.40. The molecule has 0 bridgehead atoms. The van der Waals surface area contributed by atoms with Crippen molar-refractivity contribution in [1.29, 1.82) is 0 Å². The molecule has 1 aromatic rings. The minimum Gasteiger partial charge on any atom is -0.374 e. The number of benzene rings is 1. The van der Waals surface area contributed by atoms with Crippen LogP contribution in [0.25, 0.3) is 0 Å². The zero-order valence-electron chi connectivity index (χ0n) is 8.51. The quantitative estimate of drug-likeness (QED) is 0.621. The second-order valence-electron chi connectivity index (χ2n) is 3.46. The molecule has 17 heavy (non-hydrogen) atoms. The number of hydrogen-bond donors (Lipinski definition) is 3. The molecular formula is C10H9FN2O4. The van der Waals surface area contributed by atoms with Gasteiger partial charge in [-0.2, -0.15) is 0 Å². The van der Waals surface area contributed by atoms with Crippen molar-refractivity contribution in [2.45, 2.75) is 6.23 Å². The number of carbonyl (C=O) groups is 2. The van der Waals surface area contributed by atoms with Gasteiger partial charge in [-0.15, -0.1) is 5.48 Å². The summed E-state index contributed by atoms with van der Waals surface area (Å²) < 4.78 is 12.6. The third-order valence-corrected chi connectivity index (χ3v) is 2.24. The maximum atomic E-state index is 12.6. The first-order chi connectivity index (χ1) is 8.08. The molecule has 0 aliphatic carbocycles. The van der Waals surface area contributed by atoms with Crippen LogP contribution in [-0.2, 0) is 14.4 Å². The van der Waals surface area contributed by atoms with Gasteiger partial charge in [0.15, 0.2) is 12.1 Å². The van der Waals surface area contributed by atoms with Crippen LogP contribution in [0.1, 0.15) is 0 Å². The summed E-state index contributed by atoms with van der Waals surface area (Å²) in [6.45, 7) is 0. The van der Waals surface area contributed by atoms with Crippen LogP contribution in [-0.4, -0.2) is 23.2 Å². The van der Waals surface area contributed by atoms with Crippen molar-refractivity contribution in [3.05, 3.63) is 30.1 Å². The molecule has 7 heteroatoms. The Labute approximate surface area is 95.3 Å². The van der Waals surface area contributed by atoms with Gasteiger partial charge in [0.25, 0.3) is 0 Å². The number of amides is 1. The Kier molecular flexibility index (Phi) is 3.03. The number of hydrogen-bond acceptors (Lipinski definition) is 5. The highest BCUT2D eigenvalue weighted by atomic mass is 19.1. The first-order valence-corrected chi connectivity index (χ1v) is 4.78. The molecular weight excluding hydrogens is 231 g/mol. The normalized spacial score (nSPS) is 23.3. The van der Waals surface area contributed by atoms with Gasteiger partial charge in [0.2, 0.25) is 5.91 Å². The number of aliphatic hydroxyl groups excluding tert-OH is 1. The number of anilines is 1. The van der Waals surface area contributed by atoms with Gasteiger partial charge in [-0.05, 0) is 24.3 Å². The van der Waals surface area contributed by atoms with Crippen molar-refractivity contribution in [2.75, 3.05) is 5.32 Å². The molecule has 0 radical (unpaired) electrons. The average Bonchev–Trinajstić information content (AvgIpc) is 2.62. The lowest BCUT2D eigenvalue weighted by molar-refractivity contribution is -0.147. The number of hydroxylamine groups is 1. The standard InChI is InChI=1S/C10H9FN2O4/c11-5-1-3-6(4-2-5)12-8(14)7-9(15)13-17-10(7)16/h1-4,7,9,13,15H,(H,12,14). The molecule has 3 N–H and O–H groups in total. The largest absolute Gasteiger partial charge is 0.374 e. The first-order valence-electron chi connectivity index (χ1n) is 4.78. The zero-order valence-corrected chi connectivity index (χ0v) is 8.51. The Morgan fingerprint density at radius 2 is 2.06 bits per heavy atom. The van der Waals surface area contributed by atoms with Crippen molar-refractivity contribution in [3.8, 4) is 0 Å². The molecule has 1 saturated heterocycles. The predicted octanol–water partition coefficient (Wildman–Crippen LogP) is -0.240. The van der Waals surface area contributed by atoms with E-state index in [1.54, 1.807) is 0 Å². The van der Waals surface area contributed by atoms with Gasteiger partial charge < -0.3 is 15.3 Å². The van der Waals surface area contributed by atoms with E-state index in [-0.39, 0.29) is 0 Å². The number of rotatable bonds is 2. The molecule has 1 heterocycles. The smallest absolute Gasteiger partial charge is 0.341 e. The van der Waals surface area contributed by atoms with E-state index in [0.29, 0.717) is 5.69 Å². The zero-order chi connectivity index (χ0) is 12.4. The van der Waals surface area contributed by atoms with Gasteiger partial charge >= 0.3 is 5.97 Å². The summed E-state index contributed by atoms with van der Waals surface area (Å²) >= 11 is 0. The van der Waals surface area contributed by atoms with Gasteiger partial charge in [0.05, 0.1) is 0 Å². The number of carbonyl (C=O) groups excluding carboxylic acids is 2. The third-order valence-electron chi connectivity index (χ3n) is 2.24. The van der Waals surface area contributed by atoms with Crippen LogP contribution in [0.2, 0.25) is 0 Å². The van der Waals surface area contributed by atoms with Crippen molar-refractivity contribution >= 4 is 17.6 Å². The van der Waals surface area contributed by atoms with E-state index in [1.807, 2.05) is 5.48 Å². The van der Waals surface area contributed by atoms with Crippen molar-refractivity contribution in [2.24, 2.45) is 5.92 Å². The molecule has 1 aromatic carbocycles. The number of halogens is 1. The maximum Gasteiger partial charge on any atom is 0.341 e. The Hall–Kier alpha value is -1.99. The van der Waals surface area contributed by atoms with Crippen LogP contribution in [0.5, 0.6) is 0 Å². The van der Waals surface area contributed by atoms with Gasteiger partial charge in [-0.1, -0.05) is 0 Å². The fourth-order valence-electron chi connectivity index (χ4n) is 1.38.